The Balaban J connectivity index is 1.66. The third-order valence-corrected chi connectivity index (χ3v) is 5.85. The van der Waals surface area contributed by atoms with Crippen molar-refractivity contribution in [2.45, 2.75) is 31.3 Å². The quantitative estimate of drug-likeness (QED) is 0.519. The van der Waals surface area contributed by atoms with Gasteiger partial charge in [-0.1, -0.05) is 66.7 Å². The van der Waals surface area contributed by atoms with Crippen molar-refractivity contribution >= 4 is 17.8 Å². The first-order chi connectivity index (χ1) is 15.9. The summed E-state index contributed by atoms with van der Waals surface area (Å²) in [5.74, 6) is -3.48. The summed E-state index contributed by atoms with van der Waals surface area (Å²) in [6.07, 6.45) is -0.109. The van der Waals surface area contributed by atoms with E-state index < -0.39 is 41.6 Å². The molecule has 0 aromatic heterocycles. The van der Waals surface area contributed by atoms with Crippen LogP contribution in [0.5, 0.6) is 0 Å². The molecule has 1 aliphatic carbocycles. The molecule has 1 aliphatic rings. The predicted octanol–water partition coefficient (Wildman–Crippen LogP) is 3.25. The number of nitrogens with one attached hydrogen (secondary N) is 2. The van der Waals surface area contributed by atoms with Gasteiger partial charge in [-0.25, -0.2) is 9.18 Å². The number of hydrogen-bond acceptors (Lipinski definition) is 3. The van der Waals surface area contributed by atoms with Crippen LogP contribution in [-0.4, -0.2) is 35.0 Å². The molecule has 0 bridgehead atoms. The van der Waals surface area contributed by atoms with Crippen LogP contribution in [0.25, 0.3) is 11.1 Å². The summed E-state index contributed by atoms with van der Waals surface area (Å²) in [5, 5.41) is 15.2. The Morgan fingerprint density at radius 3 is 1.97 bits per heavy atom. The van der Waals surface area contributed by atoms with Gasteiger partial charge in [-0.05, 0) is 33.9 Å². The Kier molecular flexibility index (Phi) is 6.22. The molecule has 6 nitrogen and oxygen atoms in total. The fourth-order valence-corrected chi connectivity index (χ4v) is 4.43. The second-order valence-electron chi connectivity index (χ2n) is 8.03. The molecule has 0 saturated carbocycles. The van der Waals surface area contributed by atoms with Crippen LogP contribution < -0.4 is 10.6 Å². The summed E-state index contributed by atoms with van der Waals surface area (Å²) in [6.45, 7) is 1.25. The van der Waals surface area contributed by atoms with Gasteiger partial charge in [0, 0.05) is 19.3 Å². The standard InChI is InChI=1S/C26H23FN2O4/c1-15(30)28-22(14-16-8-2-7-13-21(16)27)25(31)29-24(26(32)33)23-19-11-5-3-9-17(19)18-10-4-6-12-20(18)23/h2-13,22-24H,14H2,1H3,(H,28,30)(H,29,31)(H,32,33)/t22-,24-/m1/s1. The summed E-state index contributed by atoms with van der Waals surface area (Å²) >= 11 is 0. The maximum absolute atomic E-state index is 14.2. The second kappa shape index (κ2) is 9.24. The van der Waals surface area contributed by atoms with Crippen molar-refractivity contribution in [2.75, 3.05) is 0 Å². The third-order valence-electron chi connectivity index (χ3n) is 5.85. The molecule has 3 aromatic carbocycles. The molecule has 33 heavy (non-hydrogen) atoms. The summed E-state index contributed by atoms with van der Waals surface area (Å²) < 4.78 is 14.2. The van der Waals surface area contributed by atoms with Crippen molar-refractivity contribution < 1.29 is 23.9 Å². The molecule has 0 heterocycles. The molecule has 4 rings (SSSR count). The average molecular weight is 446 g/mol. The number of hydrogen-bond donors (Lipinski definition) is 3. The highest BCUT2D eigenvalue weighted by Crippen LogP contribution is 2.46. The van der Waals surface area contributed by atoms with E-state index in [-0.39, 0.29) is 12.0 Å². The normalized spacial score (nSPS) is 14.0. The van der Waals surface area contributed by atoms with Gasteiger partial charge in [-0.2, -0.15) is 0 Å². The van der Waals surface area contributed by atoms with Gasteiger partial charge in [0.25, 0.3) is 0 Å². The molecule has 0 unspecified atom stereocenters. The molecule has 2 atom stereocenters. The second-order valence-corrected chi connectivity index (χ2v) is 8.03. The number of halogens is 1. The highest BCUT2D eigenvalue weighted by atomic mass is 19.1. The van der Waals surface area contributed by atoms with Gasteiger partial charge in [0.1, 0.15) is 17.9 Å². The SMILES string of the molecule is CC(=O)N[C@H](Cc1ccccc1F)C(=O)N[C@@H](C(=O)O)C1c2ccccc2-c2ccccc21. The first-order valence-electron chi connectivity index (χ1n) is 10.6. The molecular formula is C26H23FN2O4. The van der Waals surface area contributed by atoms with E-state index in [1.54, 1.807) is 6.07 Å². The van der Waals surface area contributed by atoms with Crippen molar-refractivity contribution in [2.24, 2.45) is 0 Å². The maximum Gasteiger partial charge on any atom is 0.327 e. The first kappa shape index (κ1) is 22.2. The molecule has 0 saturated heterocycles. The molecule has 7 heteroatoms. The number of carboxylic acids is 1. The van der Waals surface area contributed by atoms with Crippen LogP contribution >= 0.6 is 0 Å². The molecule has 0 aliphatic heterocycles. The van der Waals surface area contributed by atoms with E-state index in [0.29, 0.717) is 0 Å². The number of rotatable bonds is 7. The van der Waals surface area contributed by atoms with E-state index in [1.807, 2.05) is 48.5 Å². The molecule has 0 radical (unpaired) electrons. The maximum atomic E-state index is 14.2. The van der Waals surface area contributed by atoms with Gasteiger partial charge in [0.2, 0.25) is 11.8 Å². The van der Waals surface area contributed by atoms with Crippen LogP contribution in [0.4, 0.5) is 4.39 Å². The number of carbonyl (C=O) groups is 3. The number of aliphatic carboxylic acids is 1. The number of benzene rings is 3. The minimum atomic E-state index is -1.28. The van der Waals surface area contributed by atoms with E-state index in [0.717, 1.165) is 22.3 Å². The van der Waals surface area contributed by atoms with Gasteiger partial charge in [-0.3, -0.25) is 9.59 Å². The van der Waals surface area contributed by atoms with Crippen LogP contribution in [0.3, 0.4) is 0 Å². The summed E-state index contributed by atoms with van der Waals surface area (Å²) in [6, 6.07) is 18.5. The van der Waals surface area contributed by atoms with Crippen LogP contribution in [0, 0.1) is 5.82 Å². The number of carbonyl (C=O) groups excluding carboxylic acids is 2. The summed E-state index contributed by atoms with van der Waals surface area (Å²) in [4.78, 5) is 37.3. The Morgan fingerprint density at radius 2 is 1.42 bits per heavy atom. The Hall–Kier alpha value is -4.00. The van der Waals surface area contributed by atoms with Crippen molar-refractivity contribution in [3.05, 3.63) is 95.3 Å². The Morgan fingerprint density at radius 1 is 0.879 bits per heavy atom. The van der Waals surface area contributed by atoms with Crippen LogP contribution in [0.2, 0.25) is 0 Å². The summed E-state index contributed by atoms with van der Waals surface area (Å²) in [5.41, 5.74) is 3.69. The van der Waals surface area contributed by atoms with Gasteiger partial charge < -0.3 is 15.7 Å². The largest absolute Gasteiger partial charge is 0.480 e. The van der Waals surface area contributed by atoms with Crippen LogP contribution in [-0.2, 0) is 20.8 Å². The highest BCUT2D eigenvalue weighted by molar-refractivity contribution is 5.92. The van der Waals surface area contributed by atoms with E-state index in [4.69, 9.17) is 0 Å². The number of fused-ring (bicyclic) bond motifs is 3. The van der Waals surface area contributed by atoms with Crippen LogP contribution in [0.1, 0.15) is 29.5 Å². The fourth-order valence-electron chi connectivity index (χ4n) is 4.43. The zero-order chi connectivity index (χ0) is 23.5. The molecule has 168 valence electrons. The van der Waals surface area contributed by atoms with Crippen molar-refractivity contribution in [1.29, 1.82) is 0 Å². The topological polar surface area (TPSA) is 95.5 Å². The van der Waals surface area contributed by atoms with Gasteiger partial charge >= 0.3 is 5.97 Å². The van der Waals surface area contributed by atoms with Crippen molar-refractivity contribution in [3.8, 4) is 11.1 Å². The lowest BCUT2D eigenvalue weighted by molar-refractivity contribution is -0.142. The van der Waals surface area contributed by atoms with E-state index in [2.05, 4.69) is 10.6 Å². The fraction of sp³-hybridized carbons (Fsp3) is 0.192. The first-order valence-corrected chi connectivity index (χ1v) is 10.6. The lowest BCUT2D eigenvalue weighted by Crippen LogP contribution is -2.53. The zero-order valence-electron chi connectivity index (χ0n) is 17.9. The predicted molar refractivity (Wildman–Crippen MR) is 121 cm³/mol. The molecular weight excluding hydrogens is 423 g/mol. The van der Waals surface area contributed by atoms with E-state index in [1.165, 1.54) is 25.1 Å². The number of carboxylic acid groups (broad SMARTS) is 1. The molecule has 2 amide bonds. The Bertz CT molecular complexity index is 1180. The molecule has 0 spiro atoms. The lowest BCUT2D eigenvalue weighted by atomic mass is 9.89. The van der Waals surface area contributed by atoms with Gasteiger partial charge in [-0.15, -0.1) is 0 Å². The molecule has 3 aromatic rings. The van der Waals surface area contributed by atoms with Crippen LogP contribution in [0.15, 0.2) is 72.8 Å². The van der Waals surface area contributed by atoms with E-state index in [9.17, 15) is 23.9 Å². The zero-order valence-corrected chi connectivity index (χ0v) is 17.9. The Labute approximate surface area is 190 Å². The minimum Gasteiger partial charge on any atom is -0.480 e. The molecule has 0 fully saturated rings. The lowest BCUT2D eigenvalue weighted by Gasteiger charge is -2.26. The van der Waals surface area contributed by atoms with Gasteiger partial charge in [0.05, 0.1) is 0 Å². The minimum absolute atomic E-state index is 0.109. The third kappa shape index (κ3) is 4.48. The van der Waals surface area contributed by atoms with Gasteiger partial charge in [0.15, 0.2) is 0 Å². The average Bonchev–Trinajstić information content (AvgIpc) is 3.12. The van der Waals surface area contributed by atoms with E-state index >= 15 is 0 Å². The highest BCUT2D eigenvalue weighted by Gasteiger charge is 2.39. The smallest absolute Gasteiger partial charge is 0.327 e. The molecule has 3 N–H and O–H groups in total. The number of amides is 2. The van der Waals surface area contributed by atoms with Crippen molar-refractivity contribution in [1.82, 2.24) is 10.6 Å². The monoisotopic (exact) mass is 446 g/mol. The van der Waals surface area contributed by atoms with Crippen molar-refractivity contribution in [3.63, 3.8) is 0 Å². The summed E-state index contributed by atoms with van der Waals surface area (Å²) in [7, 11) is 0.